The fourth-order valence-corrected chi connectivity index (χ4v) is 6.90. The highest BCUT2D eigenvalue weighted by molar-refractivity contribution is 5.17. The largest absolute Gasteiger partial charge is 0.316 e. The summed E-state index contributed by atoms with van der Waals surface area (Å²) in [5.74, 6) is 4.18. The third-order valence-corrected chi connectivity index (χ3v) is 7.83. The Morgan fingerprint density at radius 3 is 1.85 bits per heavy atom. The summed E-state index contributed by atoms with van der Waals surface area (Å²) in [6, 6.07) is 0. The van der Waals surface area contributed by atoms with E-state index in [1.54, 1.807) is 38.5 Å². The first-order valence-electron chi connectivity index (χ1n) is 9.27. The Morgan fingerprint density at radius 2 is 1.35 bits per heavy atom. The summed E-state index contributed by atoms with van der Waals surface area (Å²) < 4.78 is 0. The van der Waals surface area contributed by atoms with Gasteiger partial charge in [-0.3, -0.25) is 0 Å². The smallest absolute Gasteiger partial charge is 0.00459 e. The molecule has 0 aromatic heterocycles. The lowest BCUT2D eigenvalue weighted by Gasteiger charge is -2.63. The summed E-state index contributed by atoms with van der Waals surface area (Å²) in [6.07, 6.45) is 12.3. The molecular weight excluding hydrogens is 244 g/mol. The van der Waals surface area contributed by atoms with E-state index in [-0.39, 0.29) is 0 Å². The molecule has 5 rings (SSSR count). The first kappa shape index (κ1) is 12.5. The van der Waals surface area contributed by atoms with Crippen molar-refractivity contribution in [1.29, 1.82) is 0 Å². The minimum absolute atomic E-state index is 0.618. The summed E-state index contributed by atoms with van der Waals surface area (Å²) >= 11 is 0. The third-order valence-electron chi connectivity index (χ3n) is 7.83. The van der Waals surface area contributed by atoms with Crippen molar-refractivity contribution >= 4 is 0 Å². The highest BCUT2D eigenvalue weighted by atomic mass is 15.0. The van der Waals surface area contributed by atoms with Crippen LogP contribution in [-0.4, -0.2) is 26.2 Å². The molecule has 20 heavy (non-hydrogen) atoms. The lowest BCUT2D eigenvalue weighted by molar-refractivity contribution is -0.122. The van der Waals surface area contributed by atoms with Crippen LogP contribution in [0.2, 0.25) is 0 Å². The van der Waals surface area contributed by atoms with Crippen molar-refractivity contribution in [2.75, 3.05) is 26.2 Å². The molecule has 5 fully saturated rings. The predicted octanol–water partition coefficient (Wildman–Crippen LogP) is 2.79. The zero-order valence-corrected chi connectivity index (χ0v) is 12.8. The highest BCUT2D eigenvalue weighted by Gasteiger charge is 2.66. The number of hydrogen-bond acceptors (Lipinski definition) is 2. The van der Waals surface area contributed by atoms with E-state index in [2.05, 4.69) is 10.6 Å². The van der Waals surface area contributed by atoms with E-state index in [1.165, 1.54) is 39.0 Å². The van der Waals surface area contributed by atoms with Gasteiger partial charge in [-0.2, -0.15) is 0 Å². The van der Waals surface area contributed by atoms with Gasteiger partial charge in [0.15, 0.2) is 0 Å². The molecule has 3 aliphatic carbocycles. The lowest BCUT2D eigenvalue weighted by Crippen LogP contribution is -2.70. The first-order valence-corrected chi connectivity index (χ1v) is 9.27. The Bertz CT molecular complexity index is 368. The van der Waals surface area contributed by atoms with Gasteiger partial charge in [-0.15, -0.1) is 0 Å². The van der Waals surface area contributed by atoms with Gasteiger partial charge in [0.2, 0.25) is 0 Å². The summed E-state index contributed by atoms with van der Waals surface area (Å²) in [7, 11) is 0. The van der Waals surface area contributed by atoms with E-state index in [9.17, 15) is 0 Å². The Morgan fingerprint density at radius 1 is 0.800 bits per heavy atom. The van der Waals surface area contributed by atoms with Crippen molar-refractivity contribution in [3.05, 3.63) is 0 Å². The molecular formula is C18H30N2. The Labute approximate surface area is 123 Å². The Kier molecular flexibility index (Phi) is 2.63. The molecule has 2 heterocycles. The molecule has 2 N–H and O–H groups in total. The molecule has 0 atom stereocenters. The number of nitrogens with one attached hydrogen (secondary N) is 2. The molecule has 2 bridgehead atoms. The maximum Gasteiger partial charge on any atom is 0.00459 e. The average Bonchev–Trinajstić information content (AvgIpc) is 3.35. The van der Waals surface area contributed by atoms with Crippen LogP contribution in [0.15, 0.2) is 0 Å². The van der Waals surface area contributed by atoms with E-state index in [0.29, 0.717) is 5.41 Å². The zero-order chi connectivity index (χ0) is 13.2. The normalized spacial score (nSPS) is 43.4. The van der Waals surface area contributed by atoms with Crippen LogP contribution in [-0.2, 0) is 0 Å². The van der Waals surface area contributed by atoms with Gasteiger partial charge in [-0.05, 0) is 80.7 Å². The molecule has 3 saturated carbocycles. The van der Waals surface area contributed by atoms with Crippen LogP contribution >= 0.6 is 0 Å². The quantitative estimate of drug-likeness (QED) is 0.827. The molecule has 2 saturated heterocycles. The van der Waals surface area contributed by atoms with Crippen LogP contribution < -0.4 is 10.6 Å². The fourth-order valence-electron chi connectivity index (χ4n) is 6.90. The van der Waals surface area contributed by atoms with Gasteiger partial charge in [0, 0.05) is 18.5 Å². The van der Waals surface area contributed by atoms with Crippen LogP contribution in [0.3, 0.4) is 0 Å². The number of rotatable bonds is 3. The van der Waals surface area contributed by atoms with Crippen LogP contribution in [0, 0.1) is 34.5 Å². The molecule has 0 aromatic carbocycles. The maximum atomic E-state index is 3.88. The molecule has 0 amide bonds. The van der Waals surface area contributed by atoms with Crippen LogP contribution in [0.25, 0.3) is 0 Å². The maximum absolute atomic E-state index is 3.88. The molecule has 2 heteroatoms. The number of hydrogen-bond donors (Lipinski definition) is 2. The standard InChI is InChI=1S/C18H30N2/c1-2-8-17(7-1)15-9-19-11-18(17,12-20-10-15)16(13-3-4-13)14-5-6-14/h13-16,19-20H,1-12H2. The lowest BCUT2D eigenvalue weighted by atomic mass is 9.46. The van der Waals surface area contributed by atoms with E-state index < -0.39 is 0 Å². The molecule has 0 unspecified atom stereocenters. The van der Waals surface area contributed by atoms with Crippen LogP contribution in [0.5, 0.6) is 0 Å². The average molecular weight is 274 g/mol. The van der Waals surface area contributed by atoms with Gasteiger partial charge >= 0.3 is 0 Å². The number of piperidine rings is 2. The van der Waals surface area contributed by atoms with Gasteiger partial charge in [-0.25, -0.2) is 0 Å². The van der Waals surface area contributed by atoms with Gasteiger partial charge in [0.25, 0.3) is 0 Å². The van der Waals surface area contributed by atoms with Crippen molar-refractivity contribution in [3.8, 4) is 0 Å². The summed E-state index contributed by atoms with van der Waals surface area (Å²) in [5, 5.41) is 7.77. The fraction of sp³-hybridized carbons (Fsp3) is 1.00. The SMILES string of the molecule is C1CCC2(C1)C1CNCC2(C(C2CC2)C2CC2)CNC1. The minimum Gasteiger partial charge on any atom is -0.316 e. The van der Waals surface area contributed by atoms with Gasteiger partial charge in [-0.1, -0.05) is 12.8 Å². The molecule has 5 aliphatic rings. The van der Waals surface area contributed by atoms with Crippen molar-refractivity contribution in [2.45, 2.75) is 51.4 Å². The second-order valence-electron chi connectivity index (χ2n) is 8.68. The summed E-state index contributed by atoms with van der Waals surface area (Å²) in [6.45, 7) is 5.23. The second kappa shape index (κ2) is 4.23. The van der Waals surface area contributed by atoms with Gasteiger partial charge in [0.1, 0.15) is 0 Å². The second-order valence-corrected chi connectivity index (χ2v) is 8.68. The minimum atomic E-state index is 0.618. The van der Waals surface area contributed by atoms with E-state index >= 15 is 0 Å². The van der Waals surface area contributed by atoms with Crippen molar-refractivity contribution in [1.82, 2.24) is 10.6 Å². The topological polar surface area (TPSA) is 24.1 Å². The zero-order valence-electron chi connectivity index (χ0n) is 12.8. The molecule has 112 valence electrons. The van der Waals surface area contributed by atoms with Gasteiger partial charge in [0.05, 0.1) is 0 Å². The molecule has 2 aliphatic heterocycles. The van der Waals surface area contributed by atoms with Crippen LogP contribution in [0.4, 0.5) is 0 Å². The molecule has 1 spiro atoms. The van der Waals surface area contributed by atoms with E-state index in [4.69, 9.17) is 0 Å². The Hall–Kier alpha value is -0.0800. The molecule has 0 aromatic rings. The summed E-state index contributed by atoms with van der Waals surface area (Å²) in [4.78, 5) is 0. The summed E-state index contributed by atoms with van der Waals surface area (Å²) in [5.41, 5.74) is 1.34. The Balaban J connectivity index is 1.59. The van der Waals surface area contributed by atoms with Crippen molar-refractivity contribution in [2.24, 2.45) is 34.5 Å². The molecule has 0 radical (unpaired) electrons. The van der Waals surface area contributed by atoms with Crippen molar-refractivity contribution < 1.29 is 0 Å². The molecule has 2 nitrogen and oxygen atoms in total. The van der Waals surface area contributed by atoms with E-state index in [1.807, 2.05) is 0 Å². The van der Waals surface area contributed by atoms with Crippen molar-refractivity contribution in [3.63, 3.8) is 0 Å². The van der Waals surface area contributed by atoms with Crippen LogP contribution in [0.1, 0.15) is 51.4 Å². The highest BCUT2D eigenvalue weighted by Crippen LogP contribution is 2.68. The predicted molar refractivity (Wildman–Crippen MR) is 81.5 cm³/mol. The monoisotopic (exact) mass is 274 g/mol. The van der Waals surface area contributed by atoms with Gasteiger partial charge < -0.3 is 10.6 Å². The van der Waals surface area contributed by atoms with E-state index in [0.717, 1.165) is 29.1 Å². The third kappa shape index (κ3) is 1.53. The first-order chi connectivity index (χ1) is 9.86.